The van der Waals surface area contributed by atoms with Crippen LogP contribution in [-0.2, 0) is 6.42 Å². The lowest BCUT2D eigenvalue weighted by Gasteiger charge is -2.13. The maximum Gasteiger partial charge on any atom is 0.0943 e. The predicted octanol–water partition coefficient (Wildman–Crippen LogP) is 2.94. The van der Waals surface area contributed by atoms with Crippen LogP contribution in [0.15, 0.2) is 18.0 Å². The summed E-state index contributed by atoms with van der Waals surface area (Å²) in [4.78, 5) is 4.49. The van der Waals surface area contributed by atoms with Gasteiger partial charge in [-0.2, -0.15) is 0 Å². The molecule has 0 amide bonds. The van der Waals surface area contributed by atoms with Gasteiger partial charge in [-0.05, 0) is 33.2 Å². The van der Waals surface area contributed by atoms with E-state index < -0.39 is 0 Å². The van der Waals surface area contributed by atoms with Gasteiger partial charge in [0.2, 0.25) is 0 Å². The van der Waals surface area contributed by atoms with Crippen molar-refractivity contribution < 1.29 is 0 Å². The molecule has 1 N–H and O–H groups in total. The van der Waals surface area contributed by atoms with Crippen LogP contribution >= 0.6 is 11.3 Å². The fraction of sp³-hybridized carbons (Fsp3) is 0.583. The largest absolute Gasteiger partial charge is 0.317 e. The standard InChI is InChI=1S/C12H20N2S/c1-4-5-6-7-11(13-3)8-12-14-10(2)9-15-12/h4,9,11,13H,1,5-8H2,2-3H3. The van der Waals surface area contributed by atoms with E-state index >= 15 is 0 Å². The number of hydrogen-bond donors (Lipinski definition) is 1. The Hall–Kier alpha value is -0.670. The Labute approximate surface area is 96.4 Å². The van der Waals surface area contributed by atoms with Gasteiger partial charge in [-0.25, -0.2) is 4.98 Å². The summed E-state index contributed by atoms with van der Waals surface area (Å²) in [5.74, 6) is 0. The second-order valence-electron chi connectivity index (χ2n) is 3.79. The van der Waals surface area contributed by atoms with Crippen molar-refractivity contribution in [1.82, 2.24) is 10.3 Å². The first-order valence-corrected chi connectivity index (χ1v) is 6.33. The molecule has 0 spiro atoms. The molecule has 0 saturated carbocycles. The Morgan fingerprint density at radius 1 is 1.67 bits per heavy atom. The molecule has 1 unspecified atom stereocenters. The SMILES string of the molecule is C=CCCCC(Cc1nc(C)cs1)NC. The van der Waals surface area contributed by atoms with E-state index in [2.05, 4.69) is 22.3 Å². The molecule has 0 bridgehead atoms. The molecular formula is C12H20N2S. The molecule has 1 aromatic heterocycles. The summed E-state index contributed by atoms with van der Waals surface area (Å²) < 4.78 is 0. The van der Waals surface area contributed by atoms with Gasteiger partial charge in [-0.3, -0.25) is 0 Å². The lowest BCUT2D eigenvalue weighted by atomic mass is 10.1. The lowest BCUT2D eigenvalue weighted by Crippen LogP contribution is -2.27. The smallest absolute Gasteiger partial charge is 0.0943 e. The molecule has 0 radical (unpaired) electrons. The van der Waals surface area contributed by atoms with Crippen LogP contribution in [0.1, 0.15) is 30.0 Å². The molecule has 84 valence electrons. The van der Waals surface area contributed by atoms with Crippen LogP contribution in [0.2, 0.25) is 0 Å². The van der Waals surface area contributed by atoms with Crippen molar-refractivity contribution >= 4 is 11.3 Å². The zero-order valence-corrected chi connectivity index (χ0v) is 10.4. The average Bonchev–Trinajstić information content (AvgIpc) is 2.63. The molecule has 0 aliphatic heterocycles. The topological polar surface area (TPSA) is 24.9 Å². The molecule has 0 aliphatic rings. The van der Waals surface area contributed by atoms with Crippen molar-refractivity contribution in [3.05, 3.63) is 28.7 Å². The van der Waals surface area contributed by atoms with Gasteiger partial charge in [0, 0.05) is 23.5 Å². The number of hydrogen-bond acceptors (Lipinski definition) is 3. The summed E-state index contributed by atoms with van der Waals surface area (Å²) in [5.41, 5.74) is 1.14. The monoisotopic (exact) mass is 224 g/mol. The minimum Gasteiger partial charge on any atom is -0.317 e. The van der Waals surface area contributed by atoms with Crippen LogP contribution in [0.4, 0.5) is 0 Å². The Morgan fingerprint density at radius 2 is 2.47 bits per heavy atom. The molecule has 1 aromatic rings. The minimum absolute atomic E-state index is 0.551. The van der Waals surface area contributed by atoms with E-state index in [0.29, 0.717) is 6.04 Å². The number of nitrogens with one attached hydrogen (secondary N) is 1. The summed E-state index contributed by atoms with van der Waals surface area (Å²) in [6, 6.07) is 0.551. The summed E-state index contributed by atoms with van der Waals surface area (Å²) in [5, 5.41) is 6.71. The highest BCUT2D eigenvalue weighted by Crippen LogP contribution is 2.13. The van der Waals surface area contributed by atoms with E-state index in [-0.39, 0.29) is 0 Å². The first kappa shape index (κ1) is 12.4. The second-order valence-corrected chi connectivity index (χ2v) is 4.73. The zero-order valence-electron chi connectivity index (χ0n) is 9.62. The Balaban J connectivity index is 2.36. The number of nitrogens with zero attached hydrogens (tertiary/aromatic N) is 1. The molecule has 15 heavy (non-hydrogen) atoms. The van der Waals surface area contributed by atoms with Crippen LogP contribution in [0.3, 0.4) is 0 Å². The van der Waals surface area contributed by atoms with Gasteiger partial charge in [-0.15, -0.1) is 17.9 Å². The highest BCUT2D eigenvalue weighted by Gasteiger charge is 2.08. The highest BCUT2D eigenvalue weighted by atomic mass is 32.1. The maximum absolute atomic E-state index is 4.49. The molecule has 0 aliphatic carbocycles. The fourth-order valence-corrected chi connectivity index (χ4v) is 2.42. The first-order chi connectivity index (χ1) is 7.26. The Morgan fingerprint density at radius 3 is 3.00 bits per heavy atom. The number of aromatic nitrogens is 1. The Kier molecular flexibility index (Phi) is 5.58. The number of likely N-dealkylation sites (N-methyl/N-ethyl adjacent to an activating group) is 1. The first-order valence-electron chi connectivity index (χ1n) is 5.45. The number of rotatable bonds is 7. The number of allylic oxidation sites excluding steroid dienone is 1. The summed E-state index contributed by atoms with van der Waals surface area (Å²) in [7, 11) is 2.03. The van der Waals surface area contributed by atoms with Crippen LogP contribution in [0, 0.1) is 6.92 Å². The number of unbranched alkanes of at least 4 members (excludes halogenated alkanes) is 1. The summed E-state index contributed by atoms with van der Waals surface area (Å²) in [6.07, 6.45) is 6.54. The molecule has 1 heterocycles. The van der Waals surface area contributed by atoms with E-state index in [9.17, 15) is 0 Å². The van der Waals surface area contributed by atoms with Crippen molar-refractivity contribution in [2.24, 2.45) is 0 Å². The molecule has 2 nitrogen and oxygen atoms in total. The maximum atomic E-state index is 4.49. The van der Waals surface area contributed by atoms with Crippen molar-refractivity contribution in [1.29, 1.82) is 0 Å². The van der Waals surface area contributed by atoms with Gasteiger partial charge in [0.25, 0.3) is 0 Å². The van der Waals surface area contributed by atoms with E-state index in [1.165, 1.54) is 17.8 Å². The predicted molar refractivity (Wildman–Crippen MR) is 67.5 cm³/mol. The molecule has 0 fully saturated rings. The summed E-state index contributed by atoms with van der Waals surface area (Å²) >= 11 is 1.76. The van der Waals surface area contributed by atoms with Gasteiger partial charge >= 0.3 is 0 Å². The van der Waals surface area contributed by atoms with Gasteiger partial charge < -0.3 is 5.32 Å². The number of thiazole rings is 1. The normalized spacial score (nSPS) is 12.7. The van der Waals surface area contributed by atoms with Crippen molar-refractivity contribution in [3.8, 4) is 0 Å². The number of aryl methyl sites for hydroxylation is 1. The minimum atomic E-state index is 0.551. The molecular weight excluding hydrogens is 204 g/mol. The summed E-state index contributed by atoms with van der Waals surface area (Å²) in [6.45, 7) is 5.79. The van der Waals surface area contributed by atoms with E-state index in [1.54, 1.807) is 11.3 Å². The van der Waals surface area contributed by atoms with Crippen molar-refractivity contribution in [2.45, 2.75) is 38.6 Å². The average molecular weight is 224 g/mol. The van der Waals surface area contributed by atoms with Gasteiger partial charge in [0.1, 0.15) is 0 Å². The third-order valence-corrected chi connectivity index (χ3v) is 3.45. The quantitative estimate of drug-likeness (QED) is 0.569. The van der Waals surface area contributed by atoms with Gasteiger partial charge in [0.05, 0.1) is 5.01 Å². The second kappa shape index (κ2) is 6.75. The molecule has 1 atom stereocenters. The van der Waals surface area contributed by atoms with E-state index in [0.717, 1.165) is 18.5 Å². The van der Waals surface area contributed by atoms with Crippen LogP contribution in [0.25, 0.3) is 0 Å². The molecule has 0 aromatic carbocycles. The zero-order chi connectivity index (χ0) is 11.1. The molecule has 1 rings (SSSR count). The van der Waals surface area contributed by atoms with E-state index in [1.807, 2.05) is 20.0 Å². The van der Waals surface area contributed by atoms with Crippen molar-refractivity contribution in [2.75, 3.05) is 7.05 Å². The highest BCUT2D eigenvalue weighted by molar-refractivity contribution is 7.09. The molecule has 3 heteroatoms. The fourth-order valence-electron chi connectivity index (χ4n) is 1.56. The third kappa shape index (κ3) is 4.58. The van der Waals surface area contributed by atoms with Gasteiger partial charge in [-0.1, -0.05) is 6.08 Å². The van der Waals surface area contributed by atoms with Crippen LogP contribution in [-0.4, -0.2) is 18.1 Å². The third-order valence-electron chi connectivity index (χ3n) is 2.46. The molecule has 0 saturated heterocycles. The van der Waals surface area contributed by atoms with Crippen LogP contribution in [0.5, 0.6) is 0 Å². The Bertz CT molecular complexity index is 294. The van der Waals surface area contributed by atoms with E-state index in [4.69, 9.17) is 0 Å². The lowest BCUT2D eigenvalue weighted by molar-refractivity contribution is 0.503. The van der Waals surface area contributed by atoms with Gasteiger partial charge in [0.15, 0.2) is 0 Å². The van der Waals surface area contributed by atoms with Crippen LogP contribution < -0.4 is 5.32 Å². The van der Waals surface area contributed by atoms with Crippen molar-refractivity contribution in [3.63, 3.8) is 0 Å².